The van der Waals surface area contributed by atoms with Crippen LogP contribution in [0, 0.1) is 0 Å². The number of nitrogens with two attached hydrogens (primary N) is 1. The van der Waals surface area contributed by atoms with Crippen LogP contribution in [-0.2, 0) is 4.79 Å². The van der Waals surface area contributed by atoms with Crippen LogP contribution in [0.3, 0.4) is 0 Å². The zero-order valence-corrected chi connectivity index (χ0v) is 12.8. The molecule has 0 unspecified atom stereocenters. The molecule has 5 heteroatoms. The number of hydrogen-bond donors (Lipinski definition) is 2. The Bertz CT molecular complexity index is 412. The van der Waals surface area contributed by atoms with Crippen LogP contribution in [0.1, 0.15) is 32.6 Å². The van der Waals surface area contributed by atoms with E-state index in [9.17, 15) is 4.79 Å². The van der Waals surface area contributed by atoms with Gasteiger partial charge >= 0.3 is 0 Å². The number of unbranched alkanes of at least 4 members (excludes halogenated alkanes) is 2. The molecule has 1 rings (SSSR count). The minimum atomic E-state index is -0.00494. The molecule has 0 saturated heterocycles. The molecule has 0 spiro atoms. The van der Waals surface area contributed by atoms with Crippen LogP contribution in [0.4, 0.5) is 11.4 Å². The van der Waals surface area contributed by atoms with Crippen molar-refractivity contribution in [2.75, 3.05) is 22.6 Å². The summed E-state index contributed by atoms with van der Waals surface area (Å²) in [7, 11) is 0. The first kappa shape index (κ1) is 16.2. The van der Waals surface area contributed by atoms with E-state index in [1.54, 1.807) is 18.2 Å². The lowest BCUT2D eigenvalue weighted by Crippen LogP contribution is -2.12. The van der Waals surface area contributed by atoms with E-state index in [4.69, 9.17) is 17.3 Å². The molecule has 1 aromatic carbocycles. The summed E-state index contributed by atoms with van der Waals surface area (Å²) in [6.45, 7) is 2.19. The van der Waals surface area contributed by atoms with E-state index < -0.39 is 0 Å². The van der Waals surface area contributed by atoms with Crippen molar-refractivity contribution >= 4 is 40.6 Å². The molecule has 0 saturated carbocycles. The van der Waals surface area contributed by atoms with Crippen molar-refractivity contribution in [2.45, 2.75) is 32.6 Å². The first-order valence-electron chi connectivity index (χ1n) is 6.56. The van der Waals surface area contributed by atoms with Crippen LogP contribution in [0.2, 0.25) is 5.02 Å². The average Bonchev–Trinajstić information content (AvgIpc) is 2.37. The first-order chi connectivity index (χ1) is 9.13. The van der Waals surface area contributed by atoms with E-state index in [1.165, 1.54) is 19.3 Å². The number of nitrogens with one attached hydrogen (secondary N) is 1. The van der Waals surface area contributed by atoms with Crippen molar-refractivity contribution in [3.63, 3.8) is 0 Å². The molecule has 1 amide bonds. The fraction of sp³-hybridized carbons (Fsp3) is 0.500. The number of hydrogen-bond acceptors (Lipinski definition) is 3. The molecule has 0 atom stereocenters. The number of rotatable bonds is 8. The number of carbonyl (C=O) groups is 1. The fourth-order valence-electron chi connectivity index (χ4n) is 1.57. The second-order valence-corrected chi connectivity index (χ2v) is 5.99. The second kappa shape index (κ2) is 9.10. The van der Waals surface area contributed by atoms with Gasteiger partial charge in [0.25, 0.3) is 0 Å². The van der Waals surface area contributed by atoms with Crippen LogP contribution in [0.5, 0.6) is 0 Å². The third kappa shape index (κ3) is 6.73. The van der Waals surface area contributed by atoms with Crippen LogP contribution >= 0.6 is 23.4 Å². The number of nitrogen functional groups attached to an aromatic ring is 1. The summed E-state index contributed by atoms with van der Waals surface area (Å²) < 4.78 is 0. The largest absolute Gasteiger partial charge is 0.399 e. The lowest BCUT2D eigenvalue weighted by molar-refractivity contribution is -0.115. The van der Waals surface area contributed by atoms with Crippen molar-refractivity contribution < 1.29 is 4.79 Å². The van der Waals surface area contributed by atoms with Gasteiger partial charge in [0.2, 0.25) is 5.91 Å². The van der Waals surface area contributed by atoms with Gasteiger partial charge in [-0.15, -0.1) is 0 Å². The Balaban J connectivity index is 2.23. The Morgan fingerprint density at radius 2 is 2.16 bits per heavy atom. The van der Waals surface area contributed by atoms with E-state index in [0.717, 1.165) is 11.5 Å². The number of halogens is 1. The SMILES string of the molecule is CCCCCSCCC(=O)Nc1ccc(N)cc1Cl. The molecular formula is C14H21ClN2OS. The number of thioether (sulfide) groups is 1. The molecule has 0 aliphatic carbocycles. The van der Waals surface area contributed by atoms with E-state index >= 15 is 0 Å². The highest BCUT2D eigenvalue weighted by atomic mass is 35.5. The van der Waals surface area contributed by atoms with Gasteiger partial charge < -0.3 is 11.1 Å². The Hall–Kier alpha value is -0.870. The van der Waals surface area contributed by atoms with Crippen molar-refractivity contribution in [2.24, 2.45) is 0 Å². The van der Waals surface area contributed by atoms with Crippen molar-refractivity contribution in [3.05, 3.63) is 23.2 Å². The predicted octanol–water partition coefficient (Wildman–Crippen LogP) is 4.17. The minimum Gasteiger partial charge on any atom is -0.399 e. The second-order valence-electron chi connectivity index (χ2n) is 4.36. The molecule has 0 aromatic heterocycles. The molecule has 0 fully saturated rings. The third-order valence-corrected chi connectivity index (χ3v) is 4.02. The molecule has 0 radical (unpaired) electrons. The zero-order chi connectivity index (χ0) is 14.1. The summed E-state index contributed by atoms with van der Waals surface area (Å²) in [6, 6.07) is 5.08. The number of benzene rings is 1. The quantitative estimate of drug-likeness (QED) is 0.559. The van der Waals surface area contributed by atoms with Crippen LogP contribution in [0.25, 0.3) is 0 Å². The molecule has 3 N–H and O–H groups in total. The Labute approximate surface area is 124 Å². The van der Waals surface area contributed by atoms with E-state index in [-0.39, 0.29) is 5.91 Å². The van der Waals surface area contributed by atoms with Crippen molar-refractivity contribution in [1.82, 2.24) is 0 Å². The summed E-state index contributed by atoms with van der Waals surface area (Å²) in [5, 5.41) is 3.28. The summed E-state index contributed by atoms with van der Waals surface area (Å²) in [4.78, 5) is 11.7. The van der Waals surface area contributed by atoms with Gasteiger partial charge in [-0.2, -0.15) is 11.8 Å². The Kier molecular flexibility index (Phi) is 7.75. The molecule has 3 nitrogen and oxygen atoms in total. The number of amides is 1. The van der Waals surface area contributed by atoms with Crippen LogP contribution < -0.4 is 11.1 Å². The standard InChI is InChI=1S/C14H21ClN2OS/c1-2-3-4-8-19-9-7-14(18)17-13-6-5-11(16)10-12(13)15/h5-6,10H,2-4,7-9,16H2,1H3,(H,17,18). The maximum atomic E-state index is 11.7. The third-order valence-electron chi connectivity index (χ3n) is 2.63. The van der Waals surface area contributed by atoms with Crippen LogP contribution in [-0.4, -0.2) is 17.4 Å². The smallest absolute Gasteiger partial charge is 0.225 e. The van der Waals surface area contributed by atoms with E-state index in [2.05, 4.69) is 12.2 Å². The number of anilines is 2. The minimum absolute atomic E-state index is 0.00494. The number of carbonyl (C=O) groups excluding carboxylic acids is 1. The van der Waals surface area contributed by atoms with Crippen molar-refractivity contribution in [1.29, 1.82) is 0 Å². The highest BCUT2D eigenvalue weighted by Crippen LogP contribution is 2.24. The molecule has 1 aromatic rings. The van der Waals surface area contributed by atoms with Crippen molar-refractivity contribution in [3.8, 4) is 0 Å². The highest BCUT2D eigenvalue weighted by molar-refractivity contribution is 7.99. The summed E-state index contributed by atoms with van der Waals surface area (Å²) in [6.07, 6.45) is 4.24. The lowest BCUT2D eigenvalue weighted by Gasteiger charge is -2.07. The van der Waals surface area contributed by atoms with Gasteiger partial charge in [-0.1, -0.05) is 31.4 Å². The molecule has 0 heterocycles. The summed E-state index contributed by atoms with van der Waals surface area (Å²) >= 11 is 7.82. The van der Waals surface area contributed by atoms with Gasteiger partial charge in [0.1, 0.15) is 0 Å². The van der Waals surface area contributed by atoms with Crippen LogP contribution in [0.15, 0.2) is 18.2 Å². The monoisotopic (exact) mass is 300 g/mol. The zero-order valence-electron chi connectivity index (χ0n) is 11.2. The molecule has 106 valence electrons. The van der Waals surface area contributed by atoms with Gasteiger partial charge in [-0.3, -0.25) is 4.79 Å². The lowest BCUT2D eigenvalue weighted by atomic mass is 10.3. The normalized spacial score (nSPS) is 10.4. The van der Waals surface area contributed by atoms with Gasteiger partial charge in [-0.05, 0) is 30.4 Å². The van der Waals surface area contributed by atoms with Gasteiger partial charge in [-0.25, -0.2) is 0 Å². The summed E-state index contributed by atoms with van der Waals surface area (Å²) in [5.74, 6) is 1.97. The maximum absolute atomic E-state index is 11.7. The van der Waals surface area contributed by atoms with Gasteiger partial charge in [0, 0.05) is 17.9 Å². The molecule has 0 bridgehead atoms. The Morgan fingerprint density at radius 3 is 2.84 bits per heavy atom. The van der Waals surface area contributed by atoms with E-state index in [0.29, 0.717) is 22.8 Å². The Morgan fingerprint density at radius 1 is 1.37 bits per heavy atom. The molecular weight excluding hydrogens is 280 g/mol. The van der Waals surface area contributed by atoms with E-state index in [1.807, 2.05) is 11.8 Å². The fourth-order valence-corrected chi connectivity index (χ4v) is 2.74. The summed E-state index contributed by atoms with van der Waals surface area (Å²) in [5.41, 5.74) is 6.81. The molecule has 0 aliphatic heterocycles. The topological polar surface area (TPSA) is 55.1 Å². The molecule has 19 heavy (non-hydrogen) atoms. The average molecular weight is 301 g/mol. The van der Waals surface area contributed by atoms with Gasteiger partial charge in [0.05, 0.1) is 10.7 Å². The maximum Gasteiger partial charge on any atom is 0.225 e. The highest BCUT2D eigenvalue weighted by Gasteiger charge is 2.05. The van der Waals surface area contributed by atoms with Gasteiger partial charge in [0.15, 0.2) is 0 Å². The predicted molar refractivity (Wildman–Crippen MR) is 86.0 cm³/mol. The first-order valence-corrected chi connectivity index (χ1v) is 8.09. The molecule has 0 aliphatic rings.